The highest BCUT2D eigenvalue weighted by molar-refractivity contribution is 7.89. The van der Waals surface area contributed by atoms with Crippen molar-refractivity contribution in [3.05, 3.63) is 58.9 Å². The molecule has 0 aromatic heterocycles. The molecule has 0 atom stereocenters. The fourth-order valence-corrected chi connectivity index (χ4v) is 3.56. The Bertz CT molecular complexity index is 887. The zero-order chi connectivity index (χ0) is 18.6. The Morgan fingerprint density at radius 2 is 1.96 bits per heavy atom. The van der Waals surface area contributed by atoms with Crippen molar-refractivity contribution in [3.63, 3.8) is 0 Å². The zero-order valence-corrected chi connectivity index (χ0v) is 15.4. The van der Waals surface area contributed by atoms with Gasteiger partial charge in [0.15, 0.2) is 0 Å². The van der Waals surface area contributed by atoms with Gasteiger partial charge in [0.25, 0.3) is 0 Å². The van der Waals surface area contributed by atoms with Crippen molar-refractivity contribution < 1.29 is 17.6 Å². The van der Waals surface area contributed by atoms with Crippen LogP contribution in [0, 0.1) is 12.7 Å². The average molecular weight is 385 g/mol. The van der Waals surface area contributed by atoms with Gasteiger partial charge in [-0.25, -0.2) is 17.5 Å². The van der Waals surface area contributed by atoms with E-state index in [-0.39, 0.29) is 29.5 Å². The quantitative estimate of drug-likeness (QED) is 0.832. The minimum atomic E-state index is -3.79. The van der Waals surface area contributed by atoms with Gasteiger partial charge in [-0.2, -0.15) is 0 Å². The number of sulfonamides is 1. The molecule has 0 bridgehead atoms. The van der Waals surface area contributed by atoms with Crippen LogP contribution in [0.3, 0.4) is 0 Å². The molecule has 1 amide bonds. The van der Waals surface area contributed by atoms with E-state index in [4.69, 9.17) is 11.6 Å². The molecule has 134 valence electrons. The number of halogens is 2. The minimum absolute atomic E-state index is 0.00481. The number of hydrogen-bond acceptors (Lipinski definition) is 3. The van der Waals surface area contributed by atoms with Crippen LogP contribution in [-0.4, -0.2) is 27.4 Å². The zero-order valence-electron chi connectivity index (χ0n) is 13.8. The molecule has 0 saturated heterocycles. The Morgan fingerprint density at radius 3 is 2.56 bits per heavy atom. The third-order valence-corrected chi connectivity index (χ3v) is 5.26. The number of carbonyl (C=O) groups excluding carboxylic acids is 1. The molecule has 0 radical (unpaired) electrons. The van der Waals surface area contributed by atoms with Crippen LogP contribution in [0.15, 0.2) is 47.4 Å². The van der Waals surface area contributed by atoms with Gasteiger partial charge in [-0.1, -0.05) is 17.7 Å². The first kappa shape index (κ1) is 19.4. The first-order valence-electron chi connectivity index (χ1n) is 7.50. The highest BCUT2D eigenvalue weighted by atomic mass is 35.5. The van der Waals surface area contributed by atoms with E-state index in [0.717, 1.165) is 6.07 Å². The SMILES string of the molecule is CC(=O)N(CCNS(=O)(=O)c1ccc(F)c(C)c1)c1cccc(Cl)c1. The van der Waals surface area contributed by atoms with Gasteiger partial charge in [-0.3, -0.25) is 4.79 Å². The summed E-state index contributed by atoms with van der Waals surface area (Å²) in [6.07, 6.45) is 0. The van der Waals surface area contributed by atoms with Crippen molar-refractivity contribution in [2.45, 2.75) is 18.7 Å². The summed E-state index contributed by atoms with van der Waals surface area (Å²) >= 11 is 5.93. The number of hydrogen-bond donors (Lipinski definition) is 1. The van der Waals surface area contributed by atoms with Crippen molar-refractivity contribution >= 4 is 33.2 Å². The third-order valence-electron chi connectivity index (χ3n) is 3.57. The molecule has 8 heteroatoms. The Hall–Kier alpha value is -1.96. The van der Waals surface area contributed by atoms with E-state index in [2.05, 4.69) is 4.72 Å². The lowest BCUT2D eigenvalue weighted by molar-refractivity contribution is -0.116. The predicted molar refractivity (Wildman–Crippen MR) is 95.8 cm³/mol. The van der Waals surface area contributed by atoms with Crippen LogP contribution in [0.2, 0.25) is 5.02 Å². The van der Waals surface area contributed by atoms with Gasteiger partial charge in [0, 0.05) is 30.7 Å². The van der Waals surface area contributed by atoms with Crippen molar-refractivity contribution in [2.24, 2.45) is 0 Å². The molecule has 5 nitrogen and oxygen atoms in total. The minimum Gasteiger partial charge on any atom is -0.311 e. The summed E-state index contributed by atoms with van der Waals surface area (Å²) in [5, 5.41) is 0.478. The van der Waals surface area contributed by atoms with E-state index in [0.29, 0.717) is 10.7 Å². The van der Waals surface area contributed by atoms with Crippen LogP contribution in [0.1, 0.15) is 12.5 Å². The molecular weight excluding hydrogens is 367 g/mol. The lowest BCUT2D eigenvalue weighted by Crippen LogP contribution is -2.37. The van der Waals surface area contributed by atoms with E-state index in [1.54, 1.807) is 24.3 Å². The second kappa shape index (κ2) is 7.95. The highest BCUT2D eigenvalue weighted by Crippen LogP contribution is 2.19. The maximum Gasteiger partial charge on any atom is 0.240 e. The summed E-state index contributed by atoms with van der Waals surface area (Å²) in [5.41, 5.74) is 0.823. The number of anilines is 1. The monoisotopic (exact) mass is 384 g/mol. The third kappa shape index (κ3) is 5.01. The second-order valence-corrected chi connectivity index (χ2v) is 7.66. The topological polar surface area (TPSA) is 66.5 Å². The number of carbonyl (C=O) groups is 1. The molecule has 0 unspecified atom stereocenters. The maximum atomic E-state index is 13.3. The Kier molecular flexibility index (Phi) is 6.16. The Balaban J connectivity index is 2.08. The summed E-state index contributed by atoms with van der Waals surface area (Å²) in [5.74, 6) is -0.707. The first-order valence-corrected chi connectivity index (χ1v) is 9.36. The van der Waals surface area contributed by atoms with Gasteiger partial charge in [0.2, 0.25) is 15.9 Å². The number of aryl methyl sites for hydroxylation is 1. The molecule has 25 heavy (non-hydrogen) atoms. The number of nitrogens with one attached hydrogen (secondary N) is 1. The van der Waals surface area contributed by atoms with Crippen LogP contribution >= 0.6 is 11.6 Å². The normalized spacial score (nSPS) is 11.4. The Labute approximate surface area is 151 Å². The largest absolute Gasteiger partial charge is 0.311 e. The van der Waals surface area contributed by atoms with Crippen LogP contribution in [-0.2, 0) is 14.8 Å². The van der Waals surface area contributed by atoms with E-state index >= 15 is 0 Å². The van der Waals surface area contributed by atoms with Gasteiger partial charge in [0.1, 0.15) is 5.82 Å². The molecule has 1 N–H and O–H groups in total. The lowest BCUT2D eigenvalue weighted by atomic mass is 10.2. The molecular formula is C17H18ClFN2O3S. The second-order valence-electron chi connectivity index (χ2n) is 5.46. The number of amides is 1. The maximum absolute atomic E-state index is 13.3. The van der Waals surface area contributed by atoms with Gasteiger partial charge >= 0.3 is 0 Å². The summed E-state index contributed by atoms with van der Waals surface area (Å²) in [6, 6.07) is 10.3. The number of nitrogens with zero attached hydrogens (tertiary/aromatic N) is 1. The summed E-state index contributed by atoms with van der Waals surface area (Å²) in [7, 11) is -3.79. The molecule has 0 aliphatic carbocycles. The van der Waals surface area contributed by atoms with E-state index in [1.807, 2.05) is 0 Å². The van der Waals surface area contributed by atoms with Gasteiger partial charge in [0.05, 0.1) is 4.90 Å². The average Bonchev–Trinajstić information content (AvgIpc) is 2.53. The molecule has 0 heterocycles. The highest BCUT2D eigenvalue weighted by Gasteiger charge is 2.17. The van der Waals surface area contributed by atoms with Gasteiger partial charge < -0.3 is 4.90 Å². The summed E-state index contributed by atoms with van der Waals surface area (Å²) in [4.78, 5) is 13.2. The van der Waals surface area contributed by atoms with E-state index in [9.17, 15) is 17.6 Å². The summed E-state index contributed by atoms with van der Waals surface area (Å²) in [6.45, 7) is 3.02. The summed E-state index contributed by atoms with van der Waals surface area (Å²) < 4.78 is 40.3. The lowest BCUT2D eigenvalue weighted by Gasteiger charge is -2.21. The standard InChI is InChI=1S/C17H18ClFN2O3S/c1-12-10-16(6-7-17(12)19)25(23,24)20-8-9-21(13(2)22)15-5-3-4-14(18)11-15/h3-7,10-11,20H,8-9H2,1-2H3. The molecule has 2 rings (SSSR count). The van der Waals surface area contributed by atoms with Crippen LogP contribution in [0.5, 0.6) is 0 Å². The van der Waals surface area contributed by atoms with Crippen LogP contribution in [0.25, 0.3) is 0 Å². The van der Waals surface area contributed by atoms with Crippen LogP contribution < -0.4 is 9.62 Å². The molecule has 0 aliphatic heterocycles. The molecule has 0 spiro atoms. The van der Waals surface area contributed by atoms with Crippen molar-refractivity contribution in [1.82, 2.24) is 4.72 Å². The Morgan fingerprint density at radius 1 is 1.24 bits per heavy atom. The van der Waals surface area contributed by atoms with Crippen molar-refractivity contribution in [2.75, 3.05) is 18.0 Å². The first-order chi connectivity index (χ1) is 11.7. The molecule has 0 fully saturated rings. The molecule has 2 aromatic carbocycles. The van der Waals surface area contributed by atoms with Crippen molar-refractivity contribution in [3.8, 4) is 0 Å². The van der Waals surface area contributed by atoms with E-state index < -0.39 is 15.8 Å². The van der Waals surface area contributed by atoms with Crippen molar-refractivity contribution in [1.29, 1.82) is 0 Å². The fraction of sp³-hybridized carbons (Fsp3) is 0.235. The van der Waals surface area contributed by atoms with E-state index in [1.165, 1.54) is 30.9 Å². The van der Waals surface area contributed by atoms with Crippen LogP contribution in [0.4, 0.5) is 10.1 Å². The number of benzene rings is 2. The van der Waals surface area contributed by atoms with Gasteiger partial charge in [-0.15, -0.1) is 0 Å². The van der Waals surface area contributed by atoms with Gasteiger partial charge in [-0.05, 0) is 48.9 Å². The molecule has 2 aromatic rings. The fourth-order valence-electron chi connectivity index (χ4n) is 2.27. The molecule has 0 aliphatic rings. The smallest absolute Gasteiger partial charge is 0.240 e. The predicted octanol–water partition coefficient (Wildman–Crippen LogP) is 3.12. The number of rotatable bonds is 6. The molecule has 0 saturated carbocycles.